The monoisotopic (exact) mass is 286 g/mol. The molecule has 0 saturated carbocycles. The molecule has 0 spiro atoms. The van der Waals surface area contributed by atoms with Gasteiger partial charge in [0.2, 0.25) is 0 Å². The molecule has 1 unspecified atom stereocenters. The minimum absolute atomic E-state index is 0.215. The van der Waals surface area contributed by atoms with Crippen molar-refractivity contribution in [3.05, 3.63) is 52.8 Å². The van der Waals surface area contributed by atoms with Gasteiger partial charge in [-0.1, -0.05) is 30.3 Å². The largest absolute Gasteiger partial charge is 0.393 e. The maximum Gasteiger partial charge on any atom is 0.0628 e. The number of aryl methyl sites for hydroxylation is 3. The van der Waals surface area contributed by atoms with Crippen LogP contribution in [0.1, 0.15) is 41.8 Å². The van der Waals surface area contributed by atoms with Crippen molar-refractivity contribution < 1.29 is 5.11 Å². The Balaban J connectivity index is 1.73. The molecule has 1 aromatic carbocycles. The highest BCUT2D eigenvalue weighted by molar-refractivity contribution is 5.24. The molecule has 0 radical (unpaired) electrons. The summed E-state index contributed by atoms with van der Waals surface area (Å²) in [7, 11) is 1.97. The lowest BCUT2D eigenvalue weighted by Gasteiger charge is -2.10. The van der Waals surface area contributed by atoms with Gasteiger partial charge in [-0.05, 0) is 57.1 Å². The van der Waals surface area contributed by atoms with Crippen molar-refractivity contribution in [2.45, 2.75) is 52.1 Å². The first kappa shape index (κ1) is 15.8. The Hall–Kier alpha value is -1.61. The smallest absolute Gasteiger partial charge is 0.0628 e. The van der Waals surface area contributed by atoms with E-state index in [0.29, 0.717) is 0 Å². The Morgan fingerprint density at radius 2 is 1.81 bits per heavy atom. The average molecular weight is 286 g/mol. The van der Waals surface area contributed by atoms with Crippen molar-refractivity contribution in [1.82, 2.24) is 9.78 Å². The van der Waals surface area contributed by atoms with E-state index < -0.39 is 0 Å². The predicted molar refractivity (Wildman–Crippen MR) is 86.4 cm³/mol. The van der Waals surface area contributed by atoms with Crippen LogP contribution in [0, 0.1) is 13.8 Å². The van der Waals surface area contributed by atoms with Gasteiger partial charge in [0, 0.05) is 12.7 Å². The van der Waals surface area contributed by atoms with Crippen LogP contribution in [0.25, 0.3) is 0 Å². The van der Waals surface area contributed by atoms with Gasteiger partial charge in [0.1, 0.15) is 0 Å². The molecule has 0 fully saturated rings. The molecule has 2 aromatic rings. The quantitative estimate of drug-likeness (QED) is 0.847. The van der Waals surface area contributed by atoms with Crippen LogP contribution in [0.5, 0.6) is 0 Å². The lowest BCUT2D eigenvalue weighted by Crippen LogP contribution is -2.09. The molecule has 114 valence electrons. The molecule has 0 saturated heterocycles. The summed E-state index contributed by atoms with van der Waals surface area (Å²) < 4.78 is 1.92. The van der Waals surface area contributed by atoms with Crippen molar-refractivity contribution in [2.24, 2.45) is 7.05 Å². The lowest BCUT2D eigenvalue weighted by molar-refractivity contribution is 0.152. The molecule has 1 aromatic heterocycles. The molecular weight excluding hydrogens is 260 g/mol. The SMILES string of the molecule is Cc1nn(C)c(C)c1CCC(O)CCCc1ccccc1. The van der Waals surface area contributed by atoms with Gasteiger partial charge in [-0.3, -0.25) is 4.68 Å². The molecule has 0 bridgehead atoms. The number of rotatable bonds is 7. The fourth-order valence-corrected chi connectivity index (χ4v) is 2.82. The molecule has 1 N–H and O–H groups in total. The Bertz CT molecular complexity index is 560. The second-order valence-electron chi connectivity index (χ2n) is 5.84. The number of benzene rings is 1. The summed E-state index contributed by atoms with van der Waals surface area (Å²) in [5.74, 6) is 0. The first-order valence-electron chi connectivity index (χ1n) is 7.79. The lowest BCUT2D eigenvalue weighted by atomic mass is 10.0. The summed E-state index contributed by atoms with van der Waals surface area (Å²) >= 11 is 0. The van der Waals surface area contributed by atoms with E-state index >= 15 is 0 Å². The second kappa shape index (κ2) is 7.41. The summed E-state index contributed by atoms with van der Waals surface area (Å²) in [5, 5.41) is 14.6. The highest BCUT2D eigenvalue weighted by Crippen LogP contribution is 2.16. The van der Waals surface area contributed by atoms with Gasteiger partial charge in [-0.25, -0.2) is 0 Å². The summed E-state index contributed by atoms with van der Waals surface area (Å²) in [4.78, 5) is 0. The number of aliphatic hydroxyl groups is 1. The predicted octanol–water partition coefficient (Wildman–Crippen LogP) is 3.35. The van der Waals surface area contributed by atoms with Gasteiger partial charge in [-0.2, -0.15) is 5.10 Å². The normalized spacial score (nSPS) is 12.6. The number of hydrogen-bond donors (Lipinski definition) is 1. The minimum Gasteiger partial charge on any atom is -0.393 e. The Kier molecular flexibility index (Phi) is 5.57. The third-order valence-corrected chi connectivity index (χ3v) is 4.23. The second-order valence-corrected chi connectivity index (χ2v) is 5.84. The van der Waals surface area contributed by atoms with Crippen LogP contribution in [-0.2, 0) is 19.9 Å². The van der Waals surface area contributed by atoms with Crippen molar-refractivity contribution >= 4 is 0 Å². The zero-order valence-electron chi connectivity index (χ0n) is 13.3. The van der Waals surface area contributed by atoms with Crippen LogP contribution < -0.4 is 0 Å². The molecule has 0 amide bonds. The third kappa shape index (κ3) is 4.43. The maximum absolute atomic E-state index is 10.1. The van der Waals surface area contributed by atoms with Crippen molar-refractivity contribution in [3.63, 3.8) is 0 Å². The zero-order chi connectivity index (χ0) is 15.2. The molecule has 1 heterocycles. The van der Waals surface area contributed by atoms with Crippen LogP contribution >= 0.6 is 0 Å². The van der Waals surface area contributed by atoms with Crippen LogP contribution in [0.2, 0.25) is 0 Å². The number of aliphatic hydroxyl groups excluding tert-OH is 1. The average Bonchev–Trinajstić information content (AvgIpc) is 2.71. The zero-order valence-corrected chi connectivity index (χ0v) is 13.3. The maximum atomic E-state index is 10.1. The van der Waals surface area contributed by atoms with E-state index in [1.807, 2.05) is 24.7 Å². The first-order chi connectivity index (χ1) is 10.1. The topological polar surface area (TPSA) is 38.0 Å². The number of hydrogen-bond acceptors (Lipinski definition) is 2. The van der Waals surface area contributed by atoms with Gasteiger partial charge >= 0.3 is 0 Å². The molecule has 21 heavy (non-hydrogen) atoms. The van der Waals surface area contributed by atoms with Crippen LogP contribution in [0.3, 0.4) is 0 Å². The van der Waals surface area contributed by atoms with E-state index in [1.54, 1.807) is 0 Å². The highest BCUT2D eigenvalue weighted by Gasteiger charge is 2.11. The number of nitrogens with zero attached hydrogens (tertiary/aromatic N) is 2. The molecule has 3 heteroatoms. The van der Waals surface area contributed by atoms with E-state index in [0.717, 1.165) is 37.8 Å². The Morgan fingerprint density at radius 3 is 2.43 bits per heavy atom. The summed E-state index contributed by atoms with van der Waals surface area (Å²) in [6.45, 7) is 4.14. The first-order valence-corrected chi connectivity index (χ1v) is 7.79. The third-order valence-electron chi connectivity index (χ3n) is 4.23. The fourth-order valence-electron chi connectivity index (χ4n) is 2.82. The van der Waals surface area contributed by atoms with Gasteiger partial charge in [0.25, 0.3) is 0 Å². The van der Waals surface area contributed by atoms with E-state index in [-0.39, 0.29) is 6.10 Å². The standard InChI is InChI=1S/C18H26N2O/c1-14-18(15(2)20(3)19-14)13-12-17(21)11-7-10-16-8-5-4-6-9-16/h4-6,8-9,17,21H,7,10-13H2,1-3H3. The van der Waals surface area contributed by atoms with Gasteiger partial charge in [0.15, 0.2) is 0 Å². The van der Waals surface area contributed by atoms with E-state index in [1.165, 1.54) is 16.8 Å². The summed E-state index contributed by atoms with van der Waals surface area (Å²) in [6.07, 6.45) is 4.47. The molecule has 0 aliphatic heterocycles. The minimum atomic E-state index is -0.215. The Labute approximate surface area is 127 Å². The van der Waals surface area contributed by atoms with E-state index in [2.05, 4.69) is 36.3 Å². The molecule has 3 nitrogen and oxygen atoms in total. The fraction of sp³-hybridized carbons (Fsp3) is 0.500. The molecule has 0 aliphatic carbocycles. The molecule has 1 atom stereocenters. The number of aromatic nitrogens is 2. The summed E-state index contributed by atoms with van der Waals surface area (Å²) in [5.41, 5.74) is 4.94. The van der Waals surface area contributed by atoms with Gasteiger partial charge in [-0.15, -0.1) is 0 Å². The van der Waals surface area contributed by atoms with E-state index in [9.17, 15) is 5.11 Å². The van der Waals surface area contributed by atoms with Crippen LogP contribution in [-0.4, -0.2) is 21.0 Å². The van der Waals surface area contributed by atoms with E-state index in [4.69, 9.17) is 0 Å². The van der Waals surface area contributed by atoms with Crippen molar-refractivity contribution in [3.8, 4) is 0 Å². The van der Waals surface area contributed by atoms with Crippen molar-refractivity contribution in [2.75, 3.05) is 0 Å². The molecule has 2 rings (SSSR count). The van der Waals surface area contributed by atoms with Gasteiger partial charge < -0.3 is 5.11 Å². The highest BCUT2D eigenvalue weighted by atomic mass is 16.3. The van der Waals surface area contributed by atoms with Crippen molar-refractivity contribution in [1.29, 1.82) is 0 Å². The molecule has 0 aliphatic rings. The van der Waals surface area contributed by atoms with Gasteiger partial charge in [0.05, 0.1) is 11.8 Å². The van der Waals surface area contributed by atoms with Crippen LogP contribution in [0.15, 0.2) is 30.3 Å². The Morgan fingerprint density at radius 1 is 1.10 bits per heavy atom. The van der Waals surface area contributed by atoms with Crippen LogP contribution in [0.4, 0.5) is 0 Å². The summed E-state index contributed by atoms with van der Waals surface area (Å²) in [6, 6.07) is 10.5. The molecular formula is C18H26N2O.